The van der Waals surface area contributed by atoms with Gasteiger partial charge in [-0.1, -0.05) is 117 Å². The highest BCUT2D eigenvalue weighted by Crippen LogP contribution is 2.41. The summed E-state index contributed by atoms with van der Waals surface area (Å²) >= 11 is 6.58. The zero-order valence-corrected chi connectivity index (χ0v) is 27.4. The average Bonchev–Trinajstić information content (AvgIpc) is 3.04. The molecule has 2 aromatic rings. The molecule has 4 rings (SSSR count). The van der Waals surface area contributed by atoms with Gasteiger partial charge in [-0.25, -0.2) is 4.39 Å². The van der Waals surface area contributed by atoms with Crippen LogP contribution in [0.5, 0.6) is 11.5 Å². The molecule has 45 heavy (non-hydrogen) atoms. The van der Waals surface area contributed by atoms with E-state index in [1.165, 1.54) is 37.1 Å². The molecule has 0 aromatic heterocycles. The van der Waals surface area contributed by atoms with Gasteiger partial charge in [-0.05, 0) is 55.5 Å². The third-order valence-electron chi connectivity index (χ3n) is 7.25. The van der Waals surface area contributed by atoms with Crippen LogP contribution in [-0.4, -0.2) is 46.0 Å². The number of thioether (sulfide) groups is 1. The van der Waals surface area contributed by atoms with Crippen molar-refractivity contribution in [3.63, 3.8) is 0 Å². The quantitative estimate of drug-likeness (QED) is 0.100. The lowest BCUT2D eigenvalue weighted by molar-refractivity contribution is -0.141. The number of allylic oxidation sites excluding steroid dienone is 4. The van der Waals surface area contributed by atoms with Crippen LogP contribution in [0, 0.1) is 5.92 Å². The van der Waals surface area contributed by atoms with Crippen molar-refractivity contribution in [3.8, 4) is 11.5 Å². The highest BCUT2D eigenvalue weighted by Gasteiger charge is 2.30. The first-order valence-corrected chi connectivity index (χ1v) is 16.5. The smallest absolute Gasteiger partial charge is 0.323 e. The van der Waals surface area contributed by atoms with E-state index in [1.807, 2.05) is 54.6 Å². The summed E-state index contributed by atoms with van der Waals surface area (Å²) in [6.07, 6.45) is 17.3. The van der Waals surface area contributed by atoms with Crippen molar-refractivity contribution < 1.29 is 28.6 Å². The molecule has 0 spiro atoms. The van der Waals surface area contributed by atoms with Gasteiger partial charge in [0.25, 0.3) is 0 Å². The molecule has 2 aromatic carbocycles. The summed E-state index contributed by atoms with van der Waals surface area (Å²) in [5.74, 6) is 0.325. The number of aliphatic carboxylic acids is 1. The van der Waals surface area contributed by atoms with Crippen molar-refractivity contribution in [3.05, 3.63) is 102 Å². The number of ether oxygens (including phenoxy) is 2. The van der Waals surface area contributed by atoms with Gasteiger partial charge >= 0.3 is 5.97 Å². The Bertz CT molecular complexity index is 1350. The van der Waals surface area contributed by atoms with Crippen LogP contribution < -0.4 is 9.47 Å². The Labute approximate surface area is 275 Å². The van der Waals surface area contributed by atoms with Crippen LogP contribution >= 0.6 is 24.0 Å². The topological polar surface area (TPSA) is 76.1 Å². The summed E-state index contributed by atoms with van der Waals surface area (Å²) in [5, 5.41) is 9.10. The number of amides is 1. The number of halogens is 1. The number of hydrogen-bond acceptors (Lipinski definition) is 6. The van der Waals surface area contributed by atoms with Crippen LogP contribution in [0.25, 0.3) is 6.08 Å². The highest BCUT2D eigenvalue weighted by atomic mass is 32.2. The first-order chi connectivity index (χ1) is 21.9. The van der Waals surface area contributed by atoms with Gasteiger partial charge in [0.1, 0.15) is 23.6 Å². The molecule has 1 heterocycles. The summed E-state index contributed by atoms with van der Waals surface area (Å²) in [6, 6.07) is 16.2. The Kier molecular flexibility index (Phi) is 15.6. The molecular weight excluding hydrogens is 610 g/mol. The molecule has 6 nitrogen and oxygen atoms in total. The number of carboxylic acids is 1. The van der Waals surface area contributed by atoms with Gasteiger partial charge in [0, 0.05) is 10.8 Å². The maximum absolute atomic E-state index is 12.6. The first-order valence-electron chi connectivity index (χ1n) is 15.2. The number of carboxylic acid groups (broad SMARTS) is 1. The molecule has 1 saturated heterocycles. The van der Waals surface area contributed by atoms with Crippen molar-refractivity contribution in [1.82, 2.24) is 4.90 Å². The van der Waals surface area contributed by atoms with Crippen molar-refractivity contribution >= 4 is 46.3 Å². The van der Waals surface area contributed by atoms with Crippen molar-refractivity contribution in [2.45, 2.75) is 58.0 Å². The van der Waals surface area contributed by atoms with Crippen molar-refractivity contribution in [2.24, 2.45) is 5.92 Å². The number of rotatable bonds is 13. The van der Waals surface area contributed by atoms with Gasteiger partial charge in [-0.2, -0.15) is 0 Å². The van der Waals surface area contributed by atoms with Gasteiger partial charge in [0.15, 0.2) is 11.5 Å². The molecule has 1 aliphatic carbocycles. The molecule has 240 valence electrons. The maximum Gasteiger partial charge on any atom is 0.323 e. The fourth-order valence-corrected chi connectivity index (χ4v) is 6.48. The van der Waals surface area contributed by atoms with Crippen molar-refractivity contribution in [1.29, 1.82) is 0 Å². The van der Waals surface area contributed by atoms with E-state index in [0.29, 0.717) is 24.0 Å². The molecule has 1 unspecified atom stereocenters. The SMILES string of the molecule is C/C=C\CF.C=C/C=C/CCOc1ccc(/C=C2/CC(=O)N(CC(=O)O)C(=S)S2)cc1OC(c1ccccc1)C1CCCCC1. The number of thiocarbonyl (C=S) groups is 1. The standard InChI is InChI=1S/C32H35NO5S2.C4H7F/c1-2-3-4-11-18-37-27-17-16-23(19-26-21-29(34)33(22-30(35)36)32(39)40-26)20-28(27)38-31(24-12-7-5-8-13-24)25-14-9-6-10-15-25;1-2-3-4-5/h2-5,7-8,12-13,16-17,19-20,25,31H,1,6,9-11,14-15,18,21-22H2,(H,35,36);2-3H,4H2,1H3/b4-3+,26-19-;3-2-. The predicted molar refractivity (Wildman–Crippen MR) is 185 cm³/mol. The Hall–Kier alpha value is -3.69. The lowest BCUT2D eigenvalue weighted by Crippen LogP contribution is -2.40. The summed E-state index contributed by atoms with van der Waals surface area (Å²) in [5.41, 5.74) is 2.00. The van der Waals surface area contributed by atoms with Gasteiger partial charge in [-0.3, -0.25) is 14.5 Å². The second-order valence-corrected chi connectivity index (χ2v) is 12.4. The molecule has 1 saturated carbocycles. The maximum atomic E-state index is 12.6. The monoisotopic (exact) mass is 651 g/mol. The third-order valence-corrected chi connectivity index (χ3v) is 8.64. The summed E-state index contributed by atoms with van der Waals surface area (Å²) in [4.78, 5) is 25.6. The molecule has 9 heteroatoms. The van der Waals surface area contributed by atoms with Crippen LogP contribution in [0.2, 0.25) is 0 Å². The lowest BCUT2D eigenvalue weighted by atomic mass is 9.82. The molecule has 1 amide bonds. The number of alkyl halides is 1. The number of hydrogen-bond donors (Lipinski definition) is 1. The second-order valence-electron chi connectivity index (χ2n) is 10.6. The second kappa shape index (κ2) is 19.6. The van der Waals surface area contributed by atoms with Gasteiger partial charge in [0.05, 0.1) is 13.0 Å². The van der Waals surface area contributed by atoms with Gasteiger partial charge in [-0.15, -0.1) is 0 Å². The summed E-state index contributed by atoms with van der Waals surface area (Å²) in [7, 11) is 0. The van der Waals surface area contributed by atoms with Crippen LogP contribution in [0.4, 0.5) is 4.39 Å². The Balaban J connectivity index is 0.00000102. The number of carbonyl (C=O) groups excluding carboxylic acids is 1. The van der Waals surface area contributed by atoms with E-state index in [-0.39, 0.29) is 29.4 Å². The minimum absolute atomic E-state index is 0.0941. The van der Waals surface area contributed by atoms with Crippen LogP contribution in [-0.2, 0) is 9.59 Å². The lowest BCUT2D eigenvalue weighted by Gasteiger charge is -2.31. The Morgan fingerprint density at radius 2 is 1.91 bits per heavy atom. The number of nitrogens with zero attached hydrogens (tertiary/aromatic N) is 1. The zero-order valence-electron chi connectivity index (χ0n) is 25.7. The zero-order chi connectivity index (χ0) is 32.4. The van der Waals surface area contributed by atoms with Crippen LogP contribution in [0.3, 0.4) is 0 Å². The van der Waals surface area contributed by atoms with E-state index >= 15 is 0 Å². The number of benzene rings is 2. The van der Waals surface area contributed by atoms with Gasteiger partial charge < -0.3 is 14.6 Å². The molecule has 0 radical (unpaired) electrons. The van der Waals surface area contributed by atoms with E-state index in [4.69, 9.17) is 26.8 Å². The van der Waals surface area contributed by atoms with Crippen LogP contribution in [0.1, 0.15) is 69.1 Å². The number of carbonyl (C=O) groups is 2. The molecular formula is C36H42FNO5S2. The molecule has 0 bridgehead atoms. The largest absolute Gasteiger partial charge is 0.489 e. The average molecular weight is 652 g/mol. The third kappa shape index (κ3) is 12.0. The minimum atomic E-state index is -1.09. The molecule has 2 aliphatic rings. The highest BCUT2D eigenvalue weighted by molar-refractivity contribution is 8.25. The minimum Gasteiger partial charge on any atom is -0.489 e. The summed E-state index contributed by atoms with van der Waals surface area (Å²) < 4.78 is 24.1. The van der Waals surface area contributed by atoms with E-state index in [0.717, 1.165) is 40.2 Å². The Morgan fingerprint density at radius 3 is 2.53 bits per heavy atom. The van der Waals surface area contributed by atoms with E-state index in [2.05, 4.69) is 18.7 Å². The molecule has 1 aliphatic heterocycles. The fraction of sp³-hybridized carbons (Fsp3) is 0.361. The fourth-order valence-electron chi connectivity index (χ4n) is 5.10. The molecule has 1 atom stereocenters. The normalized spacial score (nSPS) is 17.3. The predicted octanol–water partition coefficient (Wildman–Crippen LogP) is 9.11. The van der Waals surface area contributed by atoms with E-state index in [9.17, 15) is 14.0 Å². The van der Waals surface area contributed by atoms with E-state index < -0.39 is 12.5 Å². The van der Waals surface area contributed by atoms with Crippen molar-refractivity contribution in [2.75, 3.05) is 19.8 Å². The van der Waals surface area contributed by atoms with Gasteiger partial charge in [0.2, 0.25) is 5.91 Å². The Morgan fingerprint density at radius 1 is 1.16 bits per heavy atom. The molecule has 2 fully saturated rings. The molecule has 1 N–H and O–H groups in total. The van der Waals surface area contributed by atoms with Crippen LogP contribution in [0.15, 0.2) is 90.4 Å². The van der Waals surface area contributed by atoms with E-state index in [1.54, 1.807) is 19.1 Å². The summed E-state index contributed by atoms with van der Waals surface area (Å²) in [6.45, 7) is 5.24. The first kappa shape index (κ1) is 35.8.